The molecule has 164 valence electrons. The lowest BCUT2D eigenvalue weighted by molar-refractivity contribution is -0.132. The van der Waals surface area contributed by atoms with Crippen LogP contribution in [0.15, 0.2) is 64.7 Å². The van der Waals surface area contributed by atoms with Gasteiger partial charge in [-0.1, -0.05) is 35.8 Å². The molecule has 32 heavy (non-hydrogen) atoms. The molecule has 4 rings (SSSR count). The number of halogens is 1. The Labute approximate surface area is 189 Å². The average Bonchev–Trinajstić information content (AvgIpc) is 3.33. The summed E-state index contributed by atoms with van der Waals surface area (Å²) in [5.41, 5.74) is 0.945. The summed E-state index contributed by atoms with van der Waals surface area (Å²) in [6.07, 6.45) is 0.869. The lowest BCUT2D eigenvalue weighted by Gasteiger charge is -2.22. The standard InChI is InChI=1S/C24H21ClN2O5/c1-3-12-31-18-10-6-16(7-11-18)22(28)20-21(15-4-8-17(25)9-5-15)27(24(30)23(20)29)19-13-14(2)32-26-19/h4-11,13,21,28H,3,12H2,1-2H3/b22-20+/t21-/m1/s1. The van der Waals surface area contributed by atoms with Crippen LogP contribution in [0.3, 0.4) is 0 Å². The van der Waals surface area contributed by atoms with E-state index in [1.165, 1.54) is 4.90 Å². The van der Waals surface area contributed by atoms with E-state index >= 15 is 0 Å². The zero-order chi connectivity index (χ0) is 22.8. The Morgan fingerprint density at radius 3 is 2.44 bits per heavy atom. The largest absolute Gasteiger partial charge is 0.507 e. The smallest absolute Gasteiger partial charge is 0.301 e. The summed E-state index contributed by atoms with van der Waals surface area (Å²) in [5, 5.41) is 15.5. The second-order valence-electron chi connectivity index (χ2n) is 7.39. The first-order chi connectivity index (χ1) is 15.4. The zero-order valence-electron chi connectivity index (χ0n) is 17.5. The van der Waals surface area contributed by atoms with Gasteiger partial charge in [-0.3, -0.25) is 14.5 Å². The maximum absolute atomic E-state index is 13.1. The molecule has 1 aliphatic rings. The van der Waals surface area contributed by atoms with Crippen LogP contribution in [0.2, 0.25) is 5.02 Å². The van der Waals surface area contributed by atoms with Gasteiger partial charge in [0, 0.05) is 16.7 Å². The van der Waals surface area contributed by atoms with Crippen molar-refractivity contribution in [2.75, 3.05) is 11.5 Å². The Balaban J connectivity index is 1.83. The number of amides is 1. The summed E-state index contributed by atoms with van der Waals surface area (Å²) >= 11 is 6.03. The maximum Gasteiger partial charge on any atom is 0.301 e. The van der Waals surface area contributed by atoms with Gasteiger partial charge in [-0.25, -0.2) is 0 Å². The fourth-order valence-electron chi connectivity index (χ4n) is 3.58. The Morgan fingerprint density at radius 2 is 1.84 bits per heavy atom. The van der Waals surface area contributed by atoms with Crippen molar-refractivity contribution < 1.29 is 24.0 Å². The molecule has 1 fully saturated rings. The van der Waals surface area contributed by atoms with E-state index < -0.39 is 17.7 Å². The van der Waals surface area contributed by atoms with E-state index in [1.807, 2.05) is 6.92 Å². The number of carbonyl (C=O) groups excluding carboxylic acids is 2. The lowest BCUT2D eigenvalue weighted by Crippen LogP contribution is -2.29. The van der Waals surface area contributed by atoms with E-state index in [0.29, 0.717) is 34.3 Å². The first kappa shape index (κ1) is 21.6. The highest BCUT2D eigenvalue weighted by molar-refractivity contribution is 6.51. The number of hydrogen-bond donors (Lipinski definition) is 1. The molecule has 2 heterocycles. The van der Waals surface area contributed by atoms with Crippen LogP contribution in [0.1, 0.15) is 36.3 Å². The molecule has 1 aliphatic heterocycles. The average molecular weight is 453 g/mol. The summed E-state index contributed by atoms with van der Waals surface area (Å²) in [5.74, 6) is -0.576. The molecule has 0 aliphatic carbocycles. The summed E-state index contributed by atoms with van der Waals surface area (Å²) < 4.78 is 10.7. The Morgan fingerprint density at radius 1 is 1.16 bits per heavy atom. The van der Waals surface area contributed by atoms with Gasteiger partial charge in [-0.2, -0.15) is 0 Å². The number of Topliss-reactive ketones (excluding diaryl/α,β-unsaturated/α-hetero) is 1. The number of nitrogens with zero attached hydrogens (tertiary/aromatic N) is 2. The van der Waals surface area contributed by atoms with E-state index in [1.54, 1.807) is 61.5 Å². The number of ketones is 1. The Kier molecular flexibility index (Phi) is 6.01. The van der Waals surface area contributed by atoms with E-state index in [-0.39, 0.29) is 17.2 Å². The van der Waals surface area contributed by atoms with Crippen molar-refractivity contribution in [3.05, 3.63) is 82.1 Å². The van der Waals surface area contributed by atoms with Gasteiger partial charge in [0.25, 0.3) is 5.78 Å². The van der Waals surface area contributed by atoms with Gasteiger partial charge < -0.3 is 14.4 Å². The molecule has 0 saturated carbocycles. The third-order valence-corrected chi connectivity index (χ3v) is 5.35. The van der Waals surface area contributed by atoms with Crippen LogP contribution in [0, 0.1) is 6.92 Å². The van der Waals surface area contributed by atoms with Crippen LogP contribution < -0.4 is 9.64 Å². The number of aliphatic hydroxyl groups excluding tert-OH is 1. The van der Waals surface area contributed by atoms with Crippen molar-refractivity contribution in [3.63, 3.8) is 0 Å². The molecule has 7 nitrogen and oxygen atoms in total. The fraction of sp³-hybridized carbons (Fsp3) is 0.208. The number of aliphatic hydroxyl groups is 1. The van der Waals surface area contributed by atoms with E-state index in [9.17, 15) is 14.7 Å². The van der Waals surface area contributed by atoms with Crippen molar-refractivity contribution in [3.8, 4) is 5.75 Å². The Bertz CT molecular complexity index is 1180. The summed E-state index contributed by atoms with van der Waals surface area (Å²) in [7, 11) is 0. The van der Waals surface area contributed by atoms with Gasteiger partial charge in [0.2, 0.25) is 0 Å². The first-order valence-electron chi connectivity index (χ1n) is 10.1. The highest BCUT2D eigenvalue weighted by Gasteiger charge is 2.48. The number of anilines is 1. The van der Waals surface area contributed by atoms with Crippen LogP contribution in [-0.4, -0.2) is 28.6 Å². The van der Waals surface area contributed by atoms with Gasteiger partial charge in [-0.15, -0.1) is 0 Å². The van der Waals surface area contributed by atoms with E-state index in [0.717, 1.165) is 6.42 Å². The van der Waals surface area contributed by atoms with Crippen LogP contribution in [0.4, 0.5) is 5.82 Å². The third kappa shape index (κ3) is 3.99. The molecule has 1 N–H and O–H groups in total. The molecular formula is C24H21ClN2O5. The minimum absolute atomic E-state index is 0.0415. The predicted molar refractivity (Wildman–Crippen MR) is 120 cm³/mol. The minimum atomic E-state index is -0.896. The summed E-state index contributed by atoms with van der Waals surface area (Å²) in [6.45, 7) is 4.27. The molecule has 0 radical (unpaired) electrons. The third-order valence-electron chi connectivity index (χ3n) is 5.09. The van der Waals surface area contributed by atoms with Crippen molar-refractivity contribution >= 4 is 34.9 Å². The molecule has 1 amide bonds. The molecule has 2 aromatic carbocycles. The van der Waals surface area contributed by atoms with Crippen LogP contribution in [0.5, 0.6) is 5.75 Å². The zero-order valence-corrected chi connectivity index (χ0v) is 18.3. The molecule has 1 saturated heterocycles. The fourth-order valence-corrected chi connectivity index (χ4v) is 3.71. The Hall–Kier alpha value is -3.58. The SMILES string of the molecule is CCCOc1ccc(/C(O)=C2\C(=O)C(=O)N(c3cc(C)on3)[C@@H]2c2ccc(Cl)cc2)cc1. The van der Waals surface area contributed by atoms with Gasteiger partial charge in [0.15, 0.2) is 5.82 Å². The van der Waals surface area contributed by atoms with Gasteiger partial charge in [0.05, 0.1) is 18.2 Å². The minimum Gasteiger partial charge on any atom is -0.507 e. The molecule has 0 bridgehead atoms. The number of rotatable bonds is 6. The highest BCUT2D eigenvalue weighted by Crippen LogP contribution is 2.42. The molecule has 1 aromatic heterocycles. The molecular weight excluding hydrogens is 432 g/mol. The highest BCUT2D eigenvalue weighted by atomic mass is 35.5. The summed E-state index contributed by atoms with van der Waals surface area (Å²) in [4.78, 5) is 27.3. The van der Waals surface area contributed by atoms with Crippen molar-refractivity contribution in [2.24, 2.45) is 0 Å². The first-order valence-corrected chi connectivity index (χ1v) is 10.5. The quantitative estimate of drug-likeness (QED) is 0.319. The monoisotopic (exact) mass is 452 g/mol. The van der Waals surface area contributed by atoms with Crippen LogP contribution in [-0.2, 0) is 9.59 Å². The maximum atomic E-state index is 13.1. The van der Waals surface area contributed by atoms with Crippen molar-refractivity contribution in [1.29, 1.82) is 0 Å². The molecule has 3 aromatic rings. The molecule has 0 unspecified atom stereocenters. The van der Waals surface area contributed by atoms with Crippen LogP contribution in [0.25, 0.3) is 5.76 Å². The number of aryl methyl sites for hydroxylation is 1. The molecule has 0 spiro atoms. The lowest BCUT2D eigenvalue weighted by atomic mass is 9.95. The predicted octanol–water partition coefficient (Wildman–Crippen LogP) is 5.05. The number of carbonyl (C=O) groups is 2. The normalized spacial score (nSPS) is 17.7. The van der Waals surface area contributed by atoms with Crippen molar-refractivity contribution in [2.45, 2.75) is 26.3 Å². The summed E-state index contributed by atoms with van der Waals surface area (Å²) in [6, 6.07) is 14.1. The second-order valence-corrected chi connectivity index (χ2v) is 7.83. The second kappa shape index (κ2) is 8.88. The van der Waals surface area contributed by atoms with E-state index in [2.05, 4.69) is 5.16 Å². The number of ether oxygens (including phenoxy) is 1. The van der Waals surface area contributed by atoms with Crippen LogP contribution >= 0.6 is 11.6 Å². The van der Waals surface area contributed by atoms with Gasteiger partial charge in [0.1, 0.15) is 17.3 Å². The molecule has 1 atom stereocenters. The van der Waals surface area contributed by atoms with Gasteiger partial charge >= 0.3 is 5.91 Å². The van der Waals surface area contributed by atoms with Gasteiger partial charge in [-0.05, 0) is 55.3 Å². The number of hydrogen-bond acceptors (Lipinski definition) is 6. The molecule has 8 heteroatoms. The topological polar surface area (TPSA) is 92.9 Å². The van der Waals surface area contributed by atoms with Crippen molar-refractivity contribution in [1.82, 2.24) is 5.16 Å². The van der Waals surface area contributed by atoms with E-state index in [4.69, 9.17) is 20.9 Å². The number of benzene rings is 2. The number of aromatic nitrogens is 1.